The van der Waals surface area contributed by atoms with Gasteiger partial charge in [-0.05, 0) is 42.5 Å². The van der Waals surface area contributed by atoms with Crippen LogP contribution in [-0.4, -0.2) is 35.0 Å². The van der Waals surface area contributed by atoms with Crippen molar-refractivity contribution in [2.45, 2.75) is 0 Å². The Bertz CT molecular complexity index is 778. The predicted molar refractivity (Wildman–Crippen MR) is 93.9 cm³/mol. The Balaban J connectivity index is 1.95. The molecule has 6 nitrogen and oxygen atoms in total. The second kappa shape index (κ2) is 8.12. The Morgan fingerprint density at radius 1 is 1.00 bits per heavy atom. The first kappa shape index (κ1) is 18.2. The monoisotopic (exact) mass is 371 g/mol. The molecule has 2 aromatic carbocycles. The minimum absolute atomic E-state index is 0.00451. The summed E-state index contributed by atoms with van der Waals surface area (Å²) in [6.07, 6.45) is 0. The van der Waals surface area contributed by atoms with E-state index >= 15 is 0 Å². The number of methoxy groups -OCH3 is 2. The standard InChI is InChI=1S/C16H18ClNO5S/c1-21-13-4-6-14(7-5-13)23-9-10-24(19,20)18-15-11-12(17)3-8-16(15)22-2/h3-8,11,18H,9-10H2,1-2H3. The molecule has 0 saturated heterocycles. The van der Waals surface area contributed by atoms with Crippen LogP contribution < -0.4 is 18.9 Å². The van der Waals surface area contributed by atoms with Gasteiger partial charge >= 0.3 is 0 Å². The summed E-state index contributed by atoms with van der Waals surface area (Å²) in [5, 5.41) is 0.406. The molecule has 1 N–H and O–H groups in total. The van der Waals surface area contributed by atoms with E-state index in [2.05, 4.69) is 4.72 Å². The van der Waals surface area contributed by atoms with Gasteiger partial charge in [0.05, 0.1) is 19.9 Å². The summed E-state index contributed by atoms with van der Waals surface area (Å²) in [6, 6.07) is 11.6. The topological polar surface area (TPSA) is 73.9 Å². The number of nitrogens with one attached hydrogen (secondary N) is 1. The largest absolute Gasteiger partial charge is 0.497 e. The number of sulfonamides is 1. The van der Waals surface area contributed by atoms with E-state index in [1.807, 2.05) is 0 Å². The fraction of sp³-hybridized carbons (Fsp3) is 0.250. The van der Waals surface area contributed by atoms with Gasteiger partial charge in [-0.2, -0.15) is 0 Å². The molecular weight excluding hydrogens is 354 g/mol. The highest BCUT2D eigenvalue weighted by atomic mass is 35.5. The maximum atomic E-state index is 12.2. The fourth-order valence-corrected chi connectivity index (χ4v) is 2.99. The van der Waals surface area contributed by atoms with Crippen LogP contribution in [0.5, 0.6) is 17.2 Å². The first-order valence-electron chi connectivity index (χ1n) is 7.04. The molecule has 0 radical (unpaired) electrons. The third-order valence-electron chi connectivity index (χ3n) is 3.11. The summed E-state index contributed by atoms with van der Waals surface area (Å²) < 4.78 is 42.3. The molecule has 0 aliphatic rings. The van der Waals surface area contributed by atoms with Gasteiger partial charge in [0.1, 0.15) is 29.6 Å². The molecule has 2 aromatic rings. The van der Waals surface area contributed by atoms with Crippen molar-refractivity contribution in [1.82, 2.24) is 0 Å². The number of hydrogen-bond donors (Lipinski definition) is 1. The Kier molecular flexibility index (Phi) is 6.16. The zero-order valence-electron chi connectivity index (χ0n) is 13.3. The van der Waals surface area contributed by atoms with Gasteiger partial charge in [0.15, 0.2) is 0 Å². The van der Waals surface area contributed by atoms with E-state index in [4.69, 9.17) is 25.8 Å². The molecule has 0 heterocycles. The van der Waals surface area contributed by atoms with E-state index in [-0.39, 0.29) is 18.0 Å². The second-order valence-corrected chi connectivity index (χ2v) is 7.07. The molecule has 0 amide bonds. The smallest absolute Gasteiger partial charge is 0.236 e. The lowest BCUT2D eigenvalue weighted by Gasteiger charge is -2.12. The molecule has 0 bridgehead atoms. The summed E-state index contributed by atoms with van der Waals surface area (Å²) in [6.45, 7) is 0.00451. The molecule has 8 heteroatoms. The van der Waals surface area contributed by atoms with E-state index in [9.17, 15) is 8.42 Å². The number of hydrogen-bond acceptors (Lipinski definition) is 5. The molecule has 0 aliphatic heterocycles. The first-order chi connectivity index (χ1) is 11.4. The summed E-state index contributed by atoms with van der Waals surface area (Å²) in [5.74, 6) is 1.43. The van der Waals surface area contributed by atoms with Gasteiger partial charge in [-0.25, -0.2) is 8.42 Å². The minimum Gasteiger partial charge on any atom is -0.497 e. The van der Waals surface area contributed by atoms with Crippen molar-refractivity contribution in [2.75, 3.05) is 31.3 Å². The molecule has 130 valence electrons. The molecule has 0 saturated carbocycles. The lowest BCUT2D eigenvalue weighted by molar-refractivity contribution is 0.339. The SMILES string of the molecule is COc1ccc(OCCS(=O)(=O)Nc2cc(Cl)ccc2OC)cc1. The van der Waals surface area contributed by atoms with Crippen molar-refractivity contribution in [3.05, 3.63) is 47.5 Å². The van der Waals surface area contributed by atoms with Crippen molar-refractivity contribution < 1.29 is 22.6 Å². The summed E-state index contributed by atoms with van der Waals surface area (Å²) in [4.78, 5) is 0. The lowest BCUT2D eigenvalue weighted by Crippen LogP contribution is -2.21. The van der Waals surface area contributed by atoms with Gasteiger partial charge in [0.25, 0.3) is 0 Å². The molecule has 0 aliphatic carbocycles. The van der Waals surface area contributed by atoms with Crippen molar-refractivity contribution in [2.24, 2.45) is 0 Å². The zero-order chi connectivity index (χ0) is 17.6. The highest BCUT2D eigenvalue weighted by Gasteiger charge is 2.14. The van der Waals surface area contributed by atoms with Gasteiger partial charge in [-0.15, -0.1) is 0 Å². The maximum absolute atomic E-state index is 12.2. The highest BCUT2D eigenvalue weighted by molar-refractivity contribution is 7.92. The molecule has 0 spiro atoms. The van der Waals surface area contributed by atoms with Crippen LogP contribution in [0.25, 0.3) is 0 Å². The molecule has 0 fully saturated rings. The molecule has 0 atom stereocenters. The zero-order valence-corrected chi connectivity index (χ0v) is 14.9. The van der Waals surface area contributed by atoms with E-state index < -0.39 is 10.0 Å². The van der Waals surface area contributed by atoms with Crippen molar-refractivity contribution >= 4 is 27.3 Å². The van der Waals surface area contributed by atoms with Crippen LogP contribution in [0.15, 0.2) is 42.5 Å². The van der Waals surface area contributed by atoms with E-state index in [0.717, 1.165) is 0 Å². The Morgan fingerprint density at radius 3 is 2.29 bits per heavy atom. The van der Waals surface area contributed by atoms with Crippen LogP contribution in [-0.2, 0) is 10.0 Å². The van der Waals surface area contributed by atoms with Crippen molar-refractivity contribution in [1.29, 1.82) is 0 Å². The Labute approximate surface area is 146 Å². The average Bonchev–Trinajstić information content (AvgIpc) is 2.55. The van der Waals surface area contributed by atoms with Crippen LogP contribution in [0.1, 0.15) is 0 Å². The third kappa shape index (κ3) is 5.21. The average molecular weight is 372 g/mol. The van der Waals surface area contributed by atoms with Gasteiger partial charge in [-0.3, -0.25) is 4.72 Å². The Morgan fingerprint density at radius 2 is 1.67 bits per heavy atom. The number of halogens is 1. The summed E-state index contributed by atoms with van der Waals surface area (Å²) in [5.41, 5.74) is 0.287. The number of anilines is 1. The van der Waals surface area contributed by atoms with Crippen molar-refractivity contribution in [3.8, 4) is 17.2 Å². The summed E-state index contributed by atoms with van der Waals surface area (Å²) >= 11 is 5.89. The number of rotatable bonds is 8. The van der Waals surface area contributed by atoms with Crippen LogP contribution in [0, 0.1) is 0 Å². The normalized spacial score (nSPS) is 11.0. The van der Waals surface area contributed by atoms with Gasteiger partial charge < -0.3 is 14.2 Å². The Hall–Kier alpha value is -2.12. The minimum atomic E-state index is -3.61. The molecule has 0 unspecified atom stereocenters. The van der Waals surface area contributed by atoms with Crippen LogP contribution >= 0.6 is 11.6 Å². The predicted octanol–water partition coefficient (Wildman–Crippen LogP) is 3.18. The molecular formula is C16H18ClNO5S. The summed E-state index contributed by atoms with van der Waals surface area (Å²) in [7, 11) is -0.585. The van der Waals surface area contributed by atoms with Crippen LogP contribution in [0.3, 0.4) is 0 Å². The van der Waals surface area contributed by atoms with Gasteiger partial charge in [-0.1, -0.05) is 11.6 Å². The number of ether oxygens (including phenoxy) is 3. The maximum Gasteiger partial charge on any atom is 0.236 e. The van der Waals surface area contributed by atoms with E-state index in [1.54, 1.807) is 43.5 Å². The first-order valence-corrected chi connectivity index (χ1v) is 9.07. The van der Waals surface area contributed by atoms with Gasteiger partial charge in [0, 0.05) is 5.02 Å². The molecule has 24 heavy (non-hydrogen) atoms. The quantitative estimate of drug-likeness (QED) is 0.771. The third-order valence-corrected chi connectivity index (χ3v) is 4.58. The highest BCUT2D eigenvalue weighted by Crippen LogP contribution is 2.28. The van der Waals surface area contributed by atoms with E-state index in [1.165, 1.54) is 13.2 Å². The second-order valence-electron chi connectivity index (χ2n) is 4.79. The fourth-order valence-electron chi connectivity index (χ4n) is 1.92. The van der Waals surface area contributed by atoms with Crippen molar-refractivity contribution in [3.63, 3.8) is 0 Å². The number of benzene rings is 2. The van der Waals surface area contributed by atoms with E-state index in [0.29, 0.717) is 22.3 Å². The molecule has 0 aromatic heterocycles. The lowest BCUT2D eigenvalue weighted by atomic mass is 10.3. The molecule has 2 rings (SSSR count). The van der Waals surface area contributed by atoms with Crippen LogP contribution in [0.4, 0.5) is 5.69 Å². The van der Waals surface area contributed by atoms with Crippen LogP contribution in [0.2, 0.25) is 5.02 Å². The van der Waals surface area contributed by atoms with Gasteiger partial charge in [0.2, 0.25) is 10.0 Å².